The third-order valence-corrected chi connectivity index (χ3v) is 5.87. The maximum atomic E-state index is 12.2. The van der Waals surface area contributed by atoms with Crippen molar-refractivity contribution in [1.29, 1.82) is 0 Å². The number of rotatable bonds is 4. The second-order valence-corrected chi connectivity index (χ2v) is 7.71. The Morgan fingerprint density at radius 2 is 1.88 bits per heavy atom. The predicted octanol–water partition coefficient (Wildman–Crippen LogP) is 4.80. The minimum atomic E-state index is -0.349. The van der Waals surface area contributed by atoms with Crippen LogP contribution in [0.15, 0.2) is 30.3 Å². The van der Waals surface area contributed by atoms with Crippen LogP contribution in [0.5, 0.6) is 0 Å². The topological polar surface area (TPSA) is 65.0 Å². The second-order valence-electron chi connectivity index (χ2n) is 6.70. The van der Waals surface area contributed by atoms with Gasteiger partial charge in [-0.05, 0) is 31.9 Å². The molecule has 0 aliphatic heterocycles. The molecule has 0 radical (unpaired) electrons. The summed E-state index contributed by atoms with van der Waals surface area (Å²) in [6, 6.07) is 9.00. The molecular formula is C20H21N3O2S. The van der Waals surface area contributed by atoms with Crippen LogP contribution in [0.25, 0.3) is 10.3 Å². The van der Waals surface area contributed by atoms with Crippen molar-refractivity contribution in [3.63, 3.8) is 0 Å². The summed E-state index contributed by atoms with van der Waals surface area (Å²) in [6.45, 7) is 1.98. The van der Waals surface area contributed by atoms with Crippen LogP contribution in [0.4, 0.5) is 0 Å². The molecule has 2 heterocycles. The molecule has 1 aliphatic carbocycles. The number of aryl methyl sites for hydroxylation is 1. The van der Waals surface area contributed by atoms with Crippen LogP contribution in [0.3, 0.4) is 0 Å². The van der Waals surface area contributed by atoms with Gasteiger partial charge in [0, 0.05) is 5.92 Å². The van der Waals surface area contributed by atoms with E-state index in [2.05, 4.69) is 9.97 Å². The number of aromatic nitrogens is 3. The molecule has 0 atom stereocenters. The SMILES string of the molecule is Cc1nc(COC(=O)c2ccccc2)c2nc(C3CCCCC3)sc2n1. The summed E-state index contributed by atoms with van der Waals surface area (Å²) in [5, 5.41) is 1.15. The summed E-state index contributed by atoms with van der Waals surface area (Å²) in [4.78, 5) is 27.0. The molecule has 5 nitrogen and oxygen atoms in total. The molecule has 1 saturated carbocycles. The largest absolute Gasteiger partial charge is 0.455 e. The zero-order chi connectivity index (χ0) is 17.9. The van der Waals surface area contributed by atoms with Gasteiger partial charge in [0.15, 0.2) is 0 Å². The lowest BCUT2D eigenvalue weighted by Crippen LogP contribution is -2.07. The van der Waals surface area contributed by atoms with E-state index in [0.29, 0.717) is 23.0 Å². The number of nitrogens with zero attached hydrogens (tertiary/aromatic N) is 3. The highest BCUT2D eigenvalue weighted by molar-refractivity contribution is 7.18. The van der Waals surface area contributed by atoms with Gasteiger partial charge in [0.1, 0.15) is 28.5 Å². The Morgan fingerprint density at radius 3 is 2.65 bits per heavy atom. The Kier molecular flexibility index (Phi) is 4.93. The Labute approximate surface area is 156 Å². The Hall–Kier alpha value is -2.34. The highest BCUT2D eigenvalue weighted by Gasteiger charge is 2.21. The molecular weight excluding hydrogens is 346 g/mol. The van der Waals surface area contributed by atoms with Crippen molar-refractivity contribution < 1.29 is 9.53 Å². The zero-order valence-corrected chi connectivity index (χ0v) is 15.6. The number of carbonyl (C=O) groups excluding carboxylic acids is 1. The van der Waals surface area contributed by atoms with Crippen molar-refractivity contribution in [2.45, 2.75) is 51.6 Å². The van der Waals surface area contributed by atoms with Gasteiger partial charge in [0.2, 0.25) is 0 Å². The molecule has 1 fully saturated rings. The molecule has 0 N–H and O–H groups in total. The molecule has 1 aliphatic rings. The van der Waals surface area contributed by atoms with Gasteiger partial charge < -0.3 is 4.74 Å². The maximum absolute atomic E-state index is 12.2. The lowest BCUT2D eigenvalue weighted by Gasteiger charge is -2.18. The van der Waals surface area contributed by atoms with Gasteiger partial charge in [0.25, 0.3) is 0 Å². The summed E-state index contributed by atoms with van der Waals surface area (Å²) < 4.78 is 5.47. The number of benzene rings is 1. The Morgan fingerprint density at radius 1 is 1.12 bits per heavy atom. The highest BCUT2D eigenvalue weighted by Crippen LogP contribution is 2.36. The van der Waals surface area contributed by atoms with Gasteiger partial charge >= 0.3 is 5.97 Å². The van der Waals surface area contributed by atoms with Crippen molar-refractivity contribution in [3.8, 4) is 0 Å². The number of ether oxygens (including phenoxy) is 1. The number of hydrogen-bond acceptors (Lipinski definition) is 6. The average Bonchev–Trinajstić information content (AvgIpc) is 3.11. The first kappa shape index (κ1) is 17.1. The van der Waals surface area contributed by atoms with Crippen LogP contribution in [-0.4, -0.2) is 20.9 Å². The van der Waals surface area contributed by atoms with E-state index < -0.39 is 0 Å². The van der Waals surface area contributed by atoms with Crippen LogP contribution in [0, 0.1) is 6.92 Å². The lowest BCUT2D eigenvalue weighted by atomic mass is 9.90. The van der Waals surface area contributed by atoms with E-state index in [9.17, 15) is 4.79 Å². The molecule has 26 heavy (non-hydrogen) atoms. The first-order valence-electron chi connectivity index (χ1n) is 9.07. The monoisotopic (exact) mass is 367 g/mol. The number of carbonyl (C=O) groups is 1. The molecule has 0 saturated heterocycles. The van der Waals surface area contributed by atoms with Crippen LogP contribution in [-0.2, 0) is 11.3 Å². The first-order chi connectivity index (χ1) is 12.7. The summed E-state index contributed by atoms with van der Waals surface area (Å²) in [5.41, 5.74) is 2.01. The Balaban J connectivity index is 1.57. The number of fused-ring (bicyclic) bond motifs is 1. The van der Waals surface area contributed by atoms with E-state index >= 15 is 0 Å². The minimum Gasteiger partial charge on any atom is -0.455 e. The number of thiazole rings is 1. The number of hydrogen-bond donors (Lipinski definition) is 0. The van der Waals surface area contributed by atoms with Crippen molar-refractivity contribution in [3.05, 3.63) is 52.4 Å². The van der Waals surface area contributed by atoms with Crippen molar-refractivity contribution in [2.75, 3.05) is 0 Å². The summed E-state index contributed by atoms with van der Waals surface area (Å²) in [6.07, 6.45) is 6.26. The van der Waals surface area contributed by atoms with E-state index in [4.69, 9.17) is 9.72 Å². The third-order valence-electron chi connectivity index (χ3n) is 4.76. The molecule has 4 rings (SSSR count). The van der Waals surface area contributed by atoms with E-state index in [1.165, 1.54) is 32.1 Å². The van der Waals surface area contributed by atoms with E-state index in [-0.39, 0.29) is 12.6 Å². The molecule has 0 bridgehead atoms. The smallest absolute Gasteiger partial charge is 0.338 e. The fraction of sp³-hybridized carbons (Fsp3) is 0.400. The predicted molar refractivity (Wildman–Crippen MR) is 101 cm³/mol. The van der Waals surface area contributed by atoms with Gasteiger partial charge in [-0.25, -0.2) is 19.7 Å². The molecule has 6 heteroatoms. The minimum absolute atomic E-state index is 0.113. The summed E-state index contributed by atoms with van der Waals surface area (Å²) in [7, 11) is 0. The first-order valence-corrected chi connectivity index (χ1v) is 9.88. The molecule has 2 aromatic heterocycles. The zero-order valence-electron chi connectivity index (χ0n) is 14.8. The Bertz CT molecular complexity index is 917. The van der Waals surface area contributed by atoms with E-state index in [1.54, 1.807) is 23.5 Å². The van der Waals surface area contributed by atoms with Crippen LogP contribution in [0.1, 0.15) is 64.9 Å². The van der Waals surface area contributed by atoms with Crippen LogP contribution in [0.2, 0.25) is 0 Å². The van der Waals surface area contributed by atoms with Crippen molar-refractivity contribution in [1.82, 2.24) is 15.0 Å². The highest BCUT2D eigenvalue weighted by atomic mass is 32.1. The molecule has 0 amide bonds. The van der Waals surface area contributed by atoms with Gasteiger partial charge in [-0.3, -0.25) is 0 Å². The summed E-state index contributed by atoms with van der Waals surface area (Å²) in [5.74, 6) is 0.864. The normalized spacial score (nSPS) is 15.3. The maximum Gasteiger partial charge on any atom is 0.338 e. The fourth-order valence-corrected chi connectivity index (χ4v) is 4.60. The third kappa shape index (κ3) is 3.60. The van der Waals surface area contributed by atoms with Gasteiger partial charge in [-0.1, -0.05) is 48.8 Å². The average molecular weight is 367 g/mol. The second kappa shape index (κ2) is 7.50. The quantitative estimate of drug-likeness (QED) is 0.620. The molecule has 0 spiro atoms. The molecule has 134 valence electrons. The van der Waals surface area contributed by atoms with E-state index in [1.807, 2.05) is 25.1 Å². The van der Waals surface area contributed by atoms with Crippen LogP contribution < -0.4 is 0 Å². The number of esters is 1. The van der Waals surface area contributed by atoms with Crippen LogP contribution >= 0.6 is 11.3 Å². The molecule has 0 unspecified atom stereocenters. The van der Waals surface area contributed by atoms with Gasteiger partial charge in [-0.15, -0.1) is 0 Å². The standard InChI is InChI=1S/C20H21N3O2S/c1-13-21-16(12-25-20(24)15-10-6-3-7-11-15)17-19(22-13)26-18(23-17)14-8-4-2-5-9-14/h3,6-7,10-11,14H,2,4-5,8-9,12H2,1H3. The van der Waals surface area contributed by atoms with Gasteiger partial charge in [0.05, 0.1) is 10.6 Å². The molecule has 3 aromatic rings. The fourth-order valence-electron chi connectivity index (χ4n) is 3.43. The lowest BCUT2D eigenvalue weighted by molar-refractivity contribution is 0.0469. The molecule has 1 aromatic carbocycles. The van der Waals surface area contributed by atoms with Crippen molar-refractivity contribution in [2.24, 2.45) is 0 Å². The van der Waals surface area contributed by atoms with E-state index in [0.717, 1.165) is 15.4 Å². The summed E-state index contributed by atoms with van der Waals surface area (Å²) >= 11 is 1.66. The van der Waals surface area contributed by atoms with Gasteiger partial charge in [-0.2, -0.15) is 0 Å². The van der Waals surface area contributed by atoms with Crippen molar-refractivity contribution >= 4 is 27.7 Å².